The van der Waals surface area contributed by atoms with Crippen molar-refractivity contribution in [3.63, 3.8) is 0 Å². The molecule has 0 aliphatic carbocycles. The minimum absolute atomic E-state index is 0.102. The number of anilines is 1. The van der Waals surface area contributed by atoms with Gasteiger partial charge in [-0.15, -0.1) is 0 Å². The van der Waals surface area contributed by atoms with E-state index < -0.39 is 12.0 Å². The van der Waals surface area contributed by atoms with Crippen molar-refractivity contribution >= 4 is 11.6 Å². The summed E-state index contributed by atoms with van der Waals surface area (Å²) in [6.07, 6.45) is -1.08. The van der Waals surface area contributed by atoms with E-state index in [4.69, 9.17) is 4.74 Å². The third kappa shape index (κ3) is 4.33. The monoisotopic (exact) mass is 285 g/mol. The van der Waals surface area contributed by atoms with Gasteiger partial charge >= 0.3 is 0 Å². The van der Waals surface area contributed by atoms with Crippen LogP contribution in [0.5, 0.6) is 5.75 Å². The lowest BCUT2D eigenvalue weighted by Crippen LogP contribution is -2.20. The van der Waals surface area contributed by atoms with E-state index in [1.165, 1.54) is 0 Å². The Hall–Kier alpha value is -2.33. The molecule has 0 saturated carbocycles. The summed E-state index contributed by atoms with van der Waals surface area (Å²) in [4.78, 5) is 12.0. The van der Waals surface area contributed by atoms with Crippen molar-refractivity contribution in [2.75, 3.05) is 5.32 Å². The number of carbonyl (C=O) groups excluding carboxylic acids is 1. The predicted molar refractivity (Wildman–Crippen MR) is 82.2 cm³/mol. The number of aliphatic hydroxyl groups is 1. The van der Waals surface area contributed by atoms with E-state index in [-0.39, 0.29) is 6.10 Å². The van der Waals surface area contributed by atoms with Gasteiger partial charge in [0, 0.05) is 5.69 Å². The van der Waals surface area contributed by atoms with Crippen molar-refractivity contribution < 1.29 is 14.6 Å². The predicted octanol–water partition coefficient (Wildman–Crippen LogP) is 3.15. The first-order chi connectivity index (χ1) is 10.1. The lowest BCUT2D eigenvalue weighted by molar-refractivity contribution is -0.124. The fourth-order valence-electron chi connectivity index (χ4n) is 1.89. The number of amides is 1. The Morgan fingerprint density at radius 3 is 2.24 bits per heavy atom. The summed E-state index contributed by atoms with van der Waals surface area (Å²) >= 11 is 0. The van der Waals surface area contributed by atoms with Crippen LogP contribution in [0.25, 0.3) is 0 Å². The molecule has 0 bridgehead atoms. The summed E-state index contributed by atoms with van der Waals surface area (Å²) in [6.45, 7) is 3.90. The molecule has 0 radical (unpaired) electrons. The van der Waals surface area contributed by atoms with Gasteiger partial charge in [0.25, 0.3) is 5.91 Å². The minimum Gasteiger partial charge on any atom is -0.491 e. The van der Waals surface area contributed by atoms with E-state index in [9.17, 15) is 9.90 Å². The number of ether oxygens (including phenoxy) is 1. The van der Waals surface area contributed by atoms with E-state index >= 15 is 0 Å². The van der Waals surface area contributed by atoms with E-state index in [1.807, 2.05) is 19.9 Å². The fraction of sp³-hybridized carbons (Fsp3) is 0.235. The van der Waals surface area contributed by atoms with Crippen LogP contribution in [-0.4, -0.2) is 17.1 Å². The molecular weight excluding hydrogens is 266 g/mol. The first-order valence-electron chi connectivity index (χ1n) is 6.87. The van der Waals surface area contributed by atoms with Crippen LogP contribution >= 0.6 is 0 Å². The van der Waals surface area contributed by atoms with Crippen LogP contribution in [0.4, 0.5) is 5.69 Å². The maximum Gasteiger partial charge on any atom is 0.257 e. The Balaban J connectivity index is 1.99. The highest BCUT2D eigenvalue weighted by Gasteiger charge is 2.16. The SMILES string of the molecule is CC(C)Oc1ccc(NC(=O)C(O)c2ccccc2)cc1. The standard InChI is InChI=1S/C17H19NO3/c1-12(2)21-15-10-8-14(9-11-15)18-17(20)16(19)13-6-4-3-5-7-13/h3-12,16,19H,1-2H3,(H,18,20). The Kier molecular flexibility index (Phi) is 4.95. The lowest BCUT2D eigenvalue weighted by atomic mass is 10.1. The molecule has 0 heterocycles. The summed E-state index contributed by atoms with van der Waals surface area (Å²) in [6, 6.07) is 15.9. The van der Waals surface area contributed by atoms with Gasteiger partial charge in [0.05, 0.1) is 6.10 Å². The molecule has 2 N–H and O–H groups in total. The van der Waals surface area contributed by atoms with Gasteiger partial charge in [-0.2, -0.15) is 0 Å². The molecule has 4 nitrogen and oxygen atoms in total. The van der Waals surface area contributed by atoms with Gasteiger partial charge in [-0.3, -0.25) is 4.79 Å². The van der Waals surface area contributed by atoms with Crippen LogP contribution in [0.2, 0.25) is 0 Å². The van der Waals surface area contributed by atoms with E-state index in [0.717, 1.165) is 5.75 Å². The van der Waals surface area contributed by atoms with Crippen LogP contribution in [0.1, 0.15) is 25.5 Å². The molecular formula is C17H19NO3. The summed E-state index contributed by atoms with van der Waals surface area (Å²) in [5.74, 6) is 0.283. The zero-order chi connectivity index (χ0) is 15.2. The summed E-state index contributed by atoms with van der Waals surface area (Å²) in [7, 11) is 0. The second-order valence-electron chi connectivity index (χ2n) is 4.99. The Bertz CT molecular complexity index is 579. The second kappa shape index (κ2) is 6.90. The Morgan fingerprint density at radius 2 is 1.67 bits per heavy atom. The van der Waals surface area contributed by atoms with Crippen LogP contribution in [0.3, 0.4) is 0 Å². The van der Waals surface area contributed by atoms with E-state index in [2.05, 4.69) is 5.32 Å². The highest BCUT2D eigenvalue weighted by molar-refractivity contribution is 5.94. The molecule has 0 aliphatic rings. The minimum atomic E-state index is -1.18. The van der Waals surface area contributed by atoms with Gasteiger partial charge in [-0.05, 0) is 43.7 Å². The van der Waals surface area contributed by atoms with Crippen LogP contribution in [-0.2, 0) is 4.79 Å². The van der Waals surface area contributed by atoms with Crippen molar-refractivity contribution in [2.24, 2.45) is 0 Å². The van der Waals surface area contributed by atoms with Gasteiger partial charge in [0.2, 0.25) is 0 Å². The van der Waals surface area contributed by atoms with Crippen LogP contribution < -0.4 is 10.1 Å². The van der Waals surface area contributed by atoms with Crippen molar-refractivity contribution in [1.29, 1.82) is 0 Å². The third-order valence-corrected chi connectivity index (χ3v) is 2.86. The number of benzene rings is 2. The van der Waals surface area contributed by atoms with Gasteiger partial charge in [-0.1, -0.05) is 30.3 Å². The van der Waals surface area contributed by atoms with E-state index in [0.29, 0.717) is 11.3 Å². The molecule has 21 heavy (non-hydrogen) atoms. The fourth-order valence-corrected chi connectivity index (χ4v) is 1.89. The molecule has 0 aliphatic heterocycles. The van der Waals surface area contributed by atoms with Gasteiger partial charge in [0.15, 0.2) is 6.10 Å². The normalized spacial score (nSPS) is 12.0. The number of carbonyl (C=O) groups is 1. The molecule has 0 fully saturated rings. The quantitative estimate of drug-likeness (QED) is 0.887. The maximum atomic E-state index is 12.0. The number of nitrogens with one attached hydrogen (secondary N) is 1. The smallest absolute Gasteiger partial charge is 0.257 e. The highest BCUT2D eigenvalue weighted by Crippen LogP contribution is 2.19. The van der Waals surface area contributed by atoms with Crippen LogP contribution in [0, 0.1) is 0 Å². The second-order valence-corrected chi connectivity index (χ2v) is 4.99. The van der Waals surface area contributed by atoms with Gasteiger partial charge in [0.1, 0.15) is 5.75 Å². The average molecular weight is 285 g/mol. The summed E-state index contributed by atoms with van der Waals surface area (Å²) in [5.41, 5.74) is 1.18. The molecule has 0 saturated heterocycles. The topological polar surface area (TPSA) is 58.6 Å². The lowest BCUT2D eigenvalue weighted by Gasteiger charge is -2.13. The molecule has 110 valence electrons. The number of rotatable bonds is 5. The molecule has 2 aromatic rings. The number of aliphatic hydroxyl groups excluding tert-OH is 1. The van der Waals surface area contributed by atoms with Crippen molar-refractivity contribution in [3.8, 4) is 5.75 Å². The number of hydrogen-bond donors (Lipinski definition) is 2. The molecule has 1 amide bonds. The zero-order valence-electron chi connectivity index (χ0n) is 12.1. The molecule has 2 rings (SSSR count). The van der Waals surface area contributed by atoms with Crippen LogP contribution in [0.15, 0.2) is 54.6 Å². The molecule has 2 aromatic carbocycles. The average Bonchev–Trinajstić information content (AvgIpc) is 2.49. The van der Waals surface area contributed by atoms with Crippen molar-refractivity contribution in [3.05, 3.63) is 60.2 Å². The Labute approximate surface area is 124 Å². The summed E-state index contributed by atoms with van der Waals surface area (Å²) in [5, 5.41) is 12.7. The maximum absolute atomic E-state index is 12.0. The largest absolute Gasteiger partial charge is 0.491 e. The first kappa shape index (κ1) is 15.1. The molecule has 4 heteroatoms. The van der Waals surface area contributed by atoms with E-state index in [1.54, 1.807) is 48.5 Å². The highest BCUT2D eigenvalue weighted by atomic mass is 16.5. The van der Waals surface area contributed by atoms with Gasteiger partial charge in [-0.25, -0.2) is 0 Å². The Morgan fingerprint density at radius 1 is 1.05 bits per heavy atom. The molecule has 1 unspecified atom stereocenters. The molecule has 0 aromatic heterocycles. The van der Waals surface area contributed by atoms with Crippen molar-refractivity contribution in [1.82, 2.24) is 0 Å². The summed E-state index contributed by atoms with van der Waals surface area (Å²) < 4.78 is 5.53. The number of hydrogen-bond acceptors (Lipinski definition) is 3. The molecule has 1 atom stereocenters. The van der Waals surface area contributed by atoms with Crippen molar-refractivity contribution in [2.45, 2.75) is 26.1 Å². The third-order valence-electron chi connectivity index (χ3n) is 2.86. The first-order valence-corrected chi connectivity index (χ1v) is 6.87. The molecule has 0 spiro atoms. The van der Waals surface area contributed by atoms with Gasteiger partial charge < -0.3 is 15.2 Å². The zero-order valence-corrected chi connectivity index (χ0v) is 12.1.